The third kappa shape index (κ3) is 3.84. The van der Waals surface area contributed by atoms with Crippen LogP contribution in [0.5, 0.6) is 5.75 Å². The molecule has 5 heteroatoms. The van der Waals surface area contributed by atoms with Crippen LogP contribution in [-0.4, -0.2) is 18.5 Å². The van der Waals surface area contributed by atoms with E-state index in [1.165, 1.54) is 0 Å². The molecule has 0 atom stereocenters. The Morgan fingerprint density at radius 2 is 1.80 bits per heavy atom. The Kier molecular flexibility index (Phi) is 4.34. The Bertz CT molecular complexity index is 610. The molecular formula is C15H12NO4-. The van der Waals surface area contributed by atoms with Crippen molar-refractivity contribution in [1.82, 2.24) is 0 Å². The van der Waals surface area contributed by atoms with Gasteiger partial charge in [0.15, 0.2) is 0 Å². The molecule has 0 radical (unpaired) electrons. The number of benzene rings is 2. The quantitative estimate of drug-likeness (QED) is 0.881. The van der Waals surface area contributed by atoms with Gasteiger partial charge in [-0.05, 0) is 24.3 Å². The number of hydrogen-bond acceptors (Lipinski definition) is 4. The zero-order valence-corrected chi connectivity index (χ0v) is 10.5. The van der Waals surface area contributed by atoms with Crippen molar-refractivity contribution in [2.45, 2.75) is 0 Å². The summed E-state index contributed by atoms with van der Waals surface area (Å²) < 4.78 is 4.98. The maximum Gasteiger partial charge on any atom is 0.255 e. The van der Waals surface area contributed by atoms with E-state index in [0.717, 1.165) is 0 Å². The van der Waals surface area contributed by atoms with E-state index >= 15 is 0 Å². The summed E-state index contributed by atoms with van der Waals surface area (Å²) in [5.74, 6) is -1.20. The third-order valence-electron chi connectivity index (χ3n) is 2.48. The van der Waals surface area contributed by atoms with Crippen molar-refractivity contribution in [3.8, 4) is 5.75 Å². The van der Waals surface area contributed by atoms with Crippen LogP contribution in [0.15, 0.2) is 54.6 Å². The first-order valence-electron chi connectivity index (χ1n) is 5.94. The molecule has 0 fully saturated rings. The minimum atomic E-state index is -1.30. The lowest BCUT2D eigenvalue weighted by Crippen LogP contribution is -2.28. The van der Waals surface area contributed by atoms with Gasteiger partial charge in [-0.1, -0.05) is 24.3 Å². The van der Waals surface area contributed by atoms with Crippen LogP contribution in [0, 0.1) is 0 Å². The number of anilines is 1. The first-order valence-corrected chi connectivity index (χ1v) is 5.94. The molecule has 0 unspecified atom stereocenters. The van der Waals surface area contributed by atoms with Crippen LogP contribution >= 0.6 is 0 Å². The van der Waals surface area contributed by atoms with E-state index in [-0.39, 0.29) is 5.91 Å². The number of ether oxygens (including phenoxy) is 1. The zero-order chi connectivity index (χ0) is 14.4. The topological polar surface area (TPSA) is 78.5 Å². The minimum Gasteiger partial charge on any atom is -0.546 e. The minimum absolute atomic E-state index is 0.248. The fraction of sp³-hybridized carbons (Fsp3) is 0.0667. The van der Waals surface area contributed by atoms with Crippen LogP contribution in [0.25, 0.3) is 0 Å². The molecule has 20 heavy (non-hydrogen) atoms. The number of carbonyl (C=O) groups excluding carboxylic acids is 2. The molecule has 0 bridgehead atoms. The Morgan fingerprint density at radius 3 is 2.50 bits per heavy atom. The van der Waals surface area contributed by atoms with Crippen LogP contribution < -0.4 is 15.2 Å². The Labute approximate surface area is 115 Å². The highest BCUT2D eigenvalue weighted by Crippen LogP contribution is 2.18. The van der Waals surface area contributed by atoms with E-state index in [1.807, 2.05) is 6.07 Å². The summed E-state index contributed by atoms with van der Waals surface area (Å²) >= 11 is 0. The third-order valence-corrected chi connectivity index (χ3v) is 2.48. The van der Waals surface area contributed by atoms with Crippen LogP contribution in [0.2, 0.25) is 0 Å². The van der Waals surface area contributed by atoms with Crippen molar-refractivity contribution < 1.29 is 19.4 Å². The summed E-state index contributed by atoms with van der Waals surface area (Å²) in [5.41, 5.74) is 1.06. The highest BCUT2D eigenvalue weighted by atomic mass is 16.5. The molecule has 0 heterocycles. The second-order valence-electron chi connectivity index (χ2n) is 4.01. The number of carboxylic acids is 1. The van der Waals surface area contributed by atoms with Crippen molar-refractivity contribution in [3.63, 3.8) is 0 Å². The first-order chi connectivity index (χ1) is 9.65. The Hall–Kier alpha value is -2.82. The van der Waals surface area contributed by atoms with Gasteiger partial charge in [0, 0.05) is 17.3 Å². The maximum atomic E-state index is 11.9. The van der Waals surface area contributed by atoms with E-state index in [4.69, 9.17) is 4.74 Å². The van der Waals surface area contributed by atoms with Crippen molar-refractivity contribution >= 4 is 17.6 Å². The lowest BCUT2D eigenvalue weighted by molar-refractivity contribution is -0.307. The van der Waals surface area contributed by atoms with Gasteiger partial charge in [-0.2, -0.15) is 0 Å². The monoisotopic (exact) mass is 270 g/mol. The van der Waals surface area contributed by atoms with E-state index < -0.39 is 12.6 Å². The van der Waals surface area contributed by atoms with Crippen molar-refractivity contribution in [2.75, 3.05) is 11.9 Å². The van der Waals surface area contributed by atoms with Gasteiger partial charge < -0.3 is 20.0 Å². The van der Waals surface area contributed by atoms with Gasteiger partial charge in [0.1, 0.15) is 12.4 Å². The predicted octanol–water partition coefficient (Wildman–Crippen LogP) is 1.07. The molecule has 0 spiro atoms. The Balaban J connectivity index is 2.04. The predicted molar refractivity (Wildman–Crippen MR) is 71.3 cm³/mol. The molecule has 102 valence electrons. The molecule has 1 amide bonds. The van der Waals surface area contributed by atoms with Crippen LogP contribution in [0.4, 0.5) is 5.69 Å². The molecule has 5 nitrogen and oxygen atoms in total. The molecule has 0 aliphatic carbocycles. The van der Waals surface area contributed by atoms with E-state index in [0.29, 0.717) is 17.0 Å². The van der Waals surface area contributed by atoms with Crippen LogP contribution in [-0.2, 0) is 4.79 Å². The molecule has 0 aromatic heterocycles. The average molecular weight is 270 g/mol. The van der Waals surface area contributed by atoms with E-state index in [2.05, 4.69) is 5.32 Å². The second-order valence-corrected chi connectivity index (χ2v) is 4.01. The molecule has 2 aromatic rings. The van der Waals surface area contributed by atoms with Gasteiger partial charge in [0.2, 0.25) is 0 Å². The average Bonchev–Trinajstić information content (AvgIpc) is 2.46. The van der Waals surface area contributed by atoms with Crippen LogP contribution in [0.3, 0.4) is 0 Å². The number of hydrogen-bond donors (Lipinski definition) is 1. The maximum absolute atomic E-state index is 11.9. The molecule has 0 aliphatic heterocycles. The zero-order valence-electron chi connectivity index (χ0n) is 10.5. The highest BCUT2D eigenvalue weighted by molar-refractivity contribution is 6.04. The lowest BCUT2D eigenvalue weighted by atomic mass is 10.2. The van der Waals surface area contributed by atoms with Crippen molar-refractivity contribution in [2.24, 2.45) is 0 Å². The SMILES string of the molecule is O=C([O-])COc1cccc(NC(=O)c2ccccc2)c1. The standard InChI is InChI=1S/C15H13NO4/c17-14(18)10-20-13-8-4-7-12(9-13)16-15(19)11-5-2-1-3-6-11/h1-9H,10H2,(H,16,19)(H,17,18)/p-1. The van der Waals surface area contributed by atoms with Gasteiger partial charge in [-0.25, -0.2) is 0 Å². The lowest BCUT2D eigenvalue weighted by Gasteiger charge is -2.09. The molecule has 0 saturated heterocycles. The number of aliphatic carboxylic acids is 1. The number of carboxylic acid groups (broad SMARTS) is 1. The molecule has 2 aromatic carbocycles. The number of rotatable bonds is 5. The fourth-order valence-electron chi connectivity index (χ4n) is 1.60. The van der Waals surface area contributed by atoms with Crippen molar-refractivity contribution in [1.29, 1.82) is 0 Å². The second kappa shape index (κ2) is 6.38. The highest BCUT2D eigenvalue weighted by Gasteiger charge is 2.05. The smallest absolute Gasteiger partial charge is 0.255 e. The fourth-order valence-corrected chi connectivity index (χ4v) is 1.60. The normalized spacial score (nSPS) is 9.80. The van der Waals surface area contributed by atoms with Crippen molar-refractivity contribution in [3.05, 3.63) is 60.2 Å². The first kappa shape index (κ1) is 13.6. The molecular weight excluding hydrogens is 258 g/mol. The summed E-state index contributed by atoms with van der Waals surface area (Å²) in [6.07, 6.45) is 0. The summed E-state index contributed by atoms with van der Waals surface area (Å²) in [4.78, 5) is 22.2. The van der Waals surface area contributed by atoms with E-state index in [9.17, 15) is 14.7 Å². The number of nitrogens with one attached hydrogen (secondary N) is 1. The summed E-state index contributed by atoms with van der Waals surface area (Å²) in [6, 6.07) is 15.3. The summed E-state index contributed by atoms with van der Waals surface area (Å²) in [5, 5.41) is 13.0. The van der Waals surface area contributed by atoms with Gasteiger partial charge in [0.25, 0.3) is 5.91 Å². The molecule has 0 aliphatic rings. The van der Waals surface area contributed by atoms with E-state index in [1.54, 1.807) is 48.5 Å². The summed E-state index contributed by atoms with van der Waals surface area (Å²) in [6.45, 7) is -0.532. The van der Waals surface area contributed by atoms with Gasteiger partial charge in [0.05, 0.1) is 5.97 Å². The summed E-state index contributed by atoms with van der Waals surface area (Å²) in [7, 11) is 0. The molecule has 2 rings (SSSR count). The largest absolute Gasteiger partial charge is 0.546 e. The van der Waals surface area contributed by atoms with Gasteiger partial charge >= 0.3 is 0 Å². The molecule has 0 saturated carbocycles. The van der Waals surface area contributed by atoms with Gasteiger partial charge in [-0.15, -0.1) is 0 Å². The van der Waals surface area contributed by atoms with Crippen LogP contribution in [0.1, 0.15) is 10.4 Å². The number of carbonyl (C=O) groups is 2. The Morgan fingerprint density at radius 1 is 1.05 bits per heavy atom. The number of amides is 1. The molecule has 1 N–H and O–H groups in total. The van der Waals surface area contributed by atoms with Gasteiger partial charge in [-0.3, -0.25) is 4.79 Å².